The standard InChI is InChI=1S/C15H16N4O2S2/c20-23(21,14-4-2-8-22-14)19-7-1-3-12(10-19)13-6-5-11-9-16-18-15(11)17-13/h2,4-6,8-9,12H,1,3,7,10H2,(H,16,17,18)/t12-/m0/s1. The molecule has 1 aliphatic rings. The van der Waals surface area contributed by atoms with E-state index in [0.717, 1.165) is 29.6 Å². The molecule has 6 nitrogen and oxygen atoms in total. The van der Waals surface area contributed by atoms with E-state index in [1.807, 2.05) is 12.1 Å². The summed E-state index contributed by atoms with van der Waals surface area (Å²) in [5.74, 6) is 0.117. The van der Waals surface area contributed by atoms with Crippen molar-refractivity contribution in [2.24, 2.45) is 0 Å². The highest BCUT2D eigenvalue weighted by Crippen LogP contribution is 2.31. The minimum atomic E-state index is -3.39. The number of nitrogens with zero attached hydrogens (tertiary/aromatic N) is 3. The highest BCUT2D eigenvalue weighted by Gasteiger charge is 2.32. The Morgan fingerprint density at radius 2 is 2.22 bits per heavy atom. The highest BCUT2D eigenvalue weighted by atomic mass is 32.2. The molecular weight excluding hydrogens is 332 g/mol. The summed E-state index contributed by atoms with van der Waals surface area (Å²) in [6, 6.07) is 7.39. The second kappa shape index (κ2) is 5.70. The molecule has 0 radical (unpaired) electrons. The number of sulfonamides is 1. The zero-order valence-corrected chi connectivity index (χ0v) is 14.0. The maximum absolute atomic E-state index is 12.7. The summed E-state index contributed by atoms with van der Waals surface area (Å²) in [6.45, 7) is 1.05. The van der Waals surface area contributed by atoms with Crippen LogP contribution < -0.4 is 0 Å². The summed E-state index contributed by atoms with van der Waals surface area (Å²) < 4.78 is 27.4. The molecule has 1 saturated heterocycles. The second-order valence-electron chi connectivity index (χ2n) is 5.68. The molecule has 0 amide bonds. The average molecular weight is 348 g/mol. The molecule has 23 heavy (non-hydrogen) atoms. The normalized spacial score (nSPS) is 20.1. The van der Waals surface area contributed by atoms with Crippen LogP contribution in [0.3, 0.4) is 0 Å². The van der Waals surface area contributed by atoms with Gasteiger partial charge in [-0.3, -0.25) is 5.10 Å². The quantitative estimate of drug-likeness (QED) is 0.789. The Kier molecular flexibility index (Phi) is 3.67. The van der Waals surface area contributed by atoms with E-state index in [0.29, 0.717) is 17.3 Å². The molecule has 0 bridgehead atoms. The van der Waals surface area contributed by atoms with Gasteiger partial charge in [0.2, 0.25) is 0 Å². The van der Waals surface area contributed by atoms with E-state index in [9.17, 15) is 8.42 Å². The third-order valence-corrected chi connectivity index (χ3v) is 7.45. The molecule has 8 heteroatoms. The van der Waals surface area contributed by atoms with Crippen LogP contribution in [0.25, 0.3) is 11.0 Å². The Morgan fingerprint density at radius 1 is 1.30 bits per heavy atom. The number of aromatic amines is 1. The summed E-state index contributed by atoms with van der Waals surface area (Å²) in [7, 11) is -3.39. The van der Waals surface area contributed by atoms with Gasteiger partial charge in [-0.1, -0.05) is 6.07 Å². The number of aromatic nitrogens is 3. The van der Waals surface area contributed by atoms with Crippen LogP contribution in [-0.2, 0) is 10.0 Å². The minimum Gasteiger partial charge on any atom is -0.261 e. The molecule has 3 aromatic heterocycles. The first-order valence-corrected chi connectivity index (χ1v) is 9.80. The first-order valence-electron chi connectivity index (χ1n) is 7.48. The molecule has 0 unspecified atom stereocenters. The summed E-state index contributed by atoms with van der Waals surface area (Å²) in [5.41, 5.74) is 1.67. The lowest BCUT2D eigenvalue weighted by Crippen LogP contribution is -2.38. The smallest absolute Gasteiger partial charge is 0.252 e. The topological polar surface area (TPSA) is 79.0 Å². The number of hydrogen-bond acceptors (Lipinski definition) is 5. The number of fused-ring (bicyclic) bond motifs is 1. The maximum Gasteiger partial charge on any atom is 0.252 e. The third-order valence-electron chi connectivity index (χ3n) is 4.21. The van der Waals surface area contributed by atoms with Crippen molar-refractivity contribution >= 4 is 32.4 Å². The number of H-pyrrole nitrogens is 1. The van der Waals surface area contributed by atoms with Crippen LogP contribution in [0.5, 0.6) is 0 Å². The number of thiophene rings is 1. The van der Waals surface area contributed by atoms with Crippen molar-refractivity contribution in [3.05, 3.63) is 41.5 Å². The zero-order valence-electron chi connectivity index (χ0n) is 12.3. The van der Waals surface area contributed by atoms with Gasteiger partial charge in [0, 0.05) is 30.1 Å². The SMILES string of the molecule is O=S(=O)(c1cccs1)N1CCC[C@H](c2ccc3cn[nH]c3n2)C1. The van der Waals surface area contributed by atoms with Gasteiger partial charge in [0.15, 0.2) is 5.65 Å². The Hall–Kier alpha value is -1.77. The summed E-state index contributed by atoms with van der Waals surface area (Å²) >= 11 is 1.27. The van der Waals surface area contributed by atoms with Gasteiger partial charge in [-0.05, 0) is 36.4 Å². The third kappa shape index (κ3) is 2.66. The Morgan fingerprint density at radius 3 is 3.04 bits per heavy atom. The van der Waals surface area contributed by atoms with E-state index < -0.39 is 10.0 Å². The molecule has 0 aliphatic carbocycles. The van der Waals surface area contributed by atoms with Crippen molar-refractivity contribution in [1.82, 2.24) is 19.5 Å². The molecule has 1 atom stereocenters. The highest BCUT2D eigenvalue weighted by molar-refractivity contribution is 7.91. The van der Waals surface area contributed by atoms with Crippen LogP contribution in [0.1, 0.15) is 24.5 Å². The van der Waals surface area contributed by atoms with Crippen LogP contribution in [0.4, 0.5) is 0 Å². The van der Waals surface area contributed by atoms with Crippen LogP contribution in [0, 0.1) is 0 Å². The summed E-state index contributed by atoms with van der Waals surface area (Å²) in [4.78, 5) is 4.60. The van der Waals surface area contributed by atoms with Crippen LogP contribution in [0.2, 0.25) is 0 Å². The molecule has 0 saturated carbocycles. The van der Waals surface area contributed by atoms with Crippen molar-refractivity contribution in [2.45, 2.75) is 23.0 Å². The molecule has 4 rings (SSSR count). The maximum atomic E-state index is 12.7. The van der Waals surface area contributed by atoms with Crippen molar-refractivity contribution in [3.8, 4) is 0 Å². The lowest BCUT2D eigenvalue weighted by Gasteiger charge is -2.31. The summed E-state index contributed by atoms with van der Waals surface area (Å²) in [5, 5.41) is 9.61. The number of piperidine rings is 1. The molecule has 120 valence electrons. The van der Waals surface area contributed by atoms with Crippen molar-refractivity contribution in [1.29, 1.82) is 0 Å². The van der Waals surface area contributed by atoms with Crippen LogP contribution >= 0.6 is 11.3 Å². The van der Waals surface area contributed by atoms with Gasteiger partial charge in [0.25, 0.3) is 10.0 Å². The second-order valence-corrected chi connectivity index (χ2v) is 8.79. The largest absolute Gasteiger partial charge is 0.261 e. The minimum absolute atomic E-state index is 0.117. The van der Waals surface area contributed by atoms with E-state index in [-0.39, 0.29) is 5.92 Å². The molecule has 0 aromatic carbocycles. The Labute approximate surface area is 138 Å². The van der Waals surface area contributed by atoms with Gasteiger partial charge in [0.1, 0.15) is 4.21 Å². The van der Waals surface area contributed by atoms with Gasteiger partial charge in [-0.15, -0.1) is 11.3 Å². The van der Waals surface area contributed by atoms with E-state index in [1.165, 1.54) is 11.3 Å². The first-order chi connectivity index (χ1) is 11.1. The molecule has 1 N–H and O–H groups in total. The fourth-order valence-electron chi connectivity index (χ4n) is 3.01. The molecule has 1 aliphatic heterocycles. The molecular formula is C15H16N4O2S2. The van der Waals surface area contributed by atoms with Crippen molar-refractivity contribution in [3.63, 3.8) is 0 Å². The van der Waals surface area contributed by atoms with Gasteiger partial charge in [-0.2, -0.15) is 9.40 Å². The van der Waals surface area contributed by atoms with E-state index in [4.69, 9.17) is 0 Å². The van der Waals surface area contributed by atoms with Gasteiger partial charge >= 0.3 is 0 Å². The number of pyridine rings is 1. The lowest BCUT2D eigenvalue weighted by molar-refractivity contribution is 0.313. The fraction of sp³-hybridized carbons (Fsp3) is 0.333. The average Bonchev–Trinajstić information content (AvgIpc) is 3.26. The Bertz CT molecular complexity index is 918. The number of hydrogen-bond donors (Lipinski definition) is 1. The van der Waals surface area contributed by atoms with Crippen molar-refractivity contribution < 1.29 is 8.42 Å². The molecule has 0 spiro atoms. The molecule has 3 aromatic rings. The lowest BCUT2D eigenvalue weighted by atomic mass is 9.95. The fourth-order valence-corrected chi connectivity index (χ4v) is 5.68. The van der Waals surface area contributed by atoms with Crippen LogP contribution in [-0.4, -0.2) is 41.0 Å². The monoisotopic (exact) mass is 348 g/mol. The van der Waals surface area contributed by atoms with Crippen LogP contribution in [0.15, 0.2) is 40.1 Å². The van der Waals surface area contributed by atoms with Gasteiger partial charge in [0.05, 0.1) is 6.20 Å². The predicted octanol–water partition coefficient (Wildman–Crippen LogP) is 2.59. The Balaban J connectivity index is 1.61. The predicted molar refractivity (Wildman–Crippen MR) is 88.9 cm³/mol. The molecule has 4 heterocycles. The van der Waals surface area contributed by atoms with Crippen molar-refractivity contribution in [2.75, 3.05) is 13.1 Å². The van der Waals surface area contributed by atoms with E-state index in [2.05, 4.69) is 15.2 Å². The zero-order chi connectivity index (χ0) is 15.9. The van der Waals surface area contributed by atoms with E-state index in [1.54, 1.807) is 28.0 Å². The van der Waals surface area contributed by atoms with Gasteiger partial charge < -0.3 is 0 Å². The molecule has 1 fully saturated rings. The summed E-state index contributed by atoms with van der Waals surface area (Å²) in [6.07, 6.45) is 3.53. The number of rotatable bonds is 3. The first kappa shape index (κ1) is 14.8. The van der Waals surface area contributed by atoms with Gasteiger partial charge in [-0.25, -0.2) is 13.4 Å². The van der Waals surface area contributed by atoms with E-state index >= 15 is 0 Å². The number of nitrogens with one attached hydrogen (secondary N) is 1.